The molecule has 0 spiro atoms. The molecule has 0 aliphatic carbocycles. The molecular formula is C12H21N3O2S. The van der Waals surface area contributed by atoms with Crippen LogP contribution in [0.15, 0.2) is 24.3 Å². The minimum atomic E-state index is -3.42. The molecule has 6 heteroatoms. The first-order valence-electron chi connectivity index (χ1n) is 5.79. The number of nitrogens with two attached hydrogens (primary N) is 1. The fourth-order valence-corrected chi connectivity index (χ4v) is 2.80. The fourth-order valence-electron chi connectivity index (χ4n) is 1.52. The van der Waals surface area contributed by atoms with Crippen molar-refractivity contribution in [1.82, 2.24) is 8.61 Å². The van der Waals surface area contributed by atoms with Crippen LogP contribution in [0, 0.1) is 0 Å². The molecule has 5 nitrogen and oxygen atoms in total. The van der Waals surface area contributed by atoms with Crippen molar-refractivity contribution in [2.75, 3.05) is 19.8 Å². The number of anilines is 1. The number of rotatable bonds is 5. The van der Waals surface area contributed by atoms with Crippen LogP contribution >= 0.6 is 0 Å². The summed E-state index contributed by atoms with van der Waals surface area (Å²) in [5.74, 6) is 0. The van der Waals surface area contributed by atoms with Gasteiger partial charge in [-0.1, -0.05) is 12.1 Å². The van der Waals surface area contributed by atoms with E-state index in [1.807, 2.05) is 26.0 Å². The van der Waals surface area contributed by atoms with Crippen molar-refractivity contribution < 1.29 is 8.42 Å². The van der Waals surface area contributed by atoms with Gasteiger partial charge in [0, 0.05) is 32.4 Å². The lowest BCUT2D eigenvalue weighted by Crippen LogP contribution is -2.42. The van der Waals surface area contributed by atoms with Crippen LogP contribution in [0.3, 0.4) is 0 Å². The summed E-state index contributed by atoms with van der Waals surface area (Å²) in [6.07, 6.45) is 0. The van der Waals surface area contributed by atoms with Gasteiger partial charge in [0.25, 0.3) is 10.2 Å². The molecule has 0 amide bonds. The Balaban J connectivity index is 2.86. The van der Waals surface area contributed by atoms with E-state index in [9.17, 15) is 8.42 Å². The second-order valence-electron chi connectivity index (χ2n) is 4.62. The molecule has 0 aromatic heterocycles. The third-order valence-corrected chi connectivity index (χ3v) is 4.91. The Morgan fingerprint density at radius 3 is 2.39 bits per heavy atom. The Morgan fingerprint density at radius 1 is 1.28 bits per heavy atom. The largest absolute Gasteiger partial charge is 0.399 e. The minimum Gasteiger partial charge on any atom is -0.399 e. The molecule has 18 heavy (non-hydrogen) atoms. The minimum absolute atomic E-state index is 0.0710. The average molecular weight is 271 g/mol. The molecule has 0 bridgehead atoms. The van der Waals surface area contributed by atoms with E-state index in [-0.39, 0.29) is 6.04 Å². The lowest BCUT2D eigenvalue weighted by molar-refractivity contribution is 0.355. The lowest BCUT2D eigenvalue weighted by Gasteiger charge is -2.27. The normalized spacial score (nSPS) is 12.6. The second-order valence-corrected chi connectivity index (χ2v) is 6.71. The summed E-state index contributed by atoms with van der Waals surface area (Å²) in [6.45, 7) is 3.99. The van der Waals surface area contributed by atoms with Crippen LogP contribution < -0.4 is 5.73 Å². The third kappa shape index (κ3) is 3.44. The maximum atomic E-state index is 12.2. The summed E-state index contributed by atoms with van der Waals surface area (Å²) in [5, 5.41) is 0. The number of benzene rings is 1. The first-order chi connectivity index (χ1) is 8.25. The van der Waals surface area contributed by atoms with E-state index < -0.39 is 10.2 Å². The highest BCUT2D eigenvalue weighted by Crippen LogP contribution is 2.14. The highest BCUT2D eigenvalue weighted by Gasteiger charge is 2.25. The van der Waals surface area contributed by atoms with E-state index >= 15 is 0 Å². The molecule has 0 saturated carbocycles. The van der Waals surface area contributed by atoms with Gasteiger partial charge < -0.3 is 5.73 Å². The third-order valence-electron chi connectivity index (χ3n) is 2.84. The van der Waals surface area contributed by atoms with Crippen LogP contribution in [0.1, 0.15) is 19.4 Å². The Morgan fingerprint density at radius 2 is 1.89 bits per heavy atom. The van der Waals surface area contributed by atoms with E-state index in [4.69, 9.17) is 5.73 Å². The van der Waals surface area contributed by atoms with Crippen molar-refractivity contribution >= 4 is 15.9 Å². The van der Waals surface area contributed by atoms with E-state index in [2.05, 4.69) is 0 Å². The summed E-state index contributed by atoms with van der Waals surface area (Å²) in [5.41, 5.74) is 7.18. The van der Waals surface area contributed by atoms with Crippen molar-refractivity contribution in [3.8, 4) is 0 Å². The molecule has 0 unspecified atom stereocenters. The summed E-state index contributed by atoms with van der Waals surface area (Å²) in [7, 11) is -0.277. The molecule has 1 aromatic carbocycles. The van der Waals surface area contributed by atoms with Crippen LogP contribution in [-0.4, -0.2) is 37.2 Å². The Labute approximate surface area is 109 Å². The highest BCUT2D eigenvalue weighted by molar-refractivity contribution is 7.86. The summed E-state index contributed by atoms with van der Waals surface area (Å²) in [6, 6.07) is 7.16. The van der Waals surface area contributed by atoms with Gasteiger partial charge in [0.2, 0.25) is 0 Å². The average Bonchev–Trinajstić information content (AvgIpc) is 2.27. The van der Waals surface area contributed by atoms with Gasteiger partial charge in [-0.2, -0.15) is 17.0 Å². The van der Waals surface area contributed by atoms with Crippen LogP contribution in [0.25, 0.3) is 0 Å². The zero-order valence-electron chi connectivity index (χ0n) is 11.3. The van der Waals surface area contributed by atoms with Gasteiger partial charge in [-0.05, 0) is 31.5 Å². The van der Waals surface area contributed by atoms with Gasteiger partial charge >= 0.3 is 0 Å². The van der Waals surface area contributed by atoms with E-state index in [1.165, 1.54) is 8.61 Å². The van der Waals surface area contributed by atoms with Gasteiger partial charge in [0.1, 0.15) is 0 Å². The first-order valence-corrected chi connectivity index (χ1v) is 7.18. The number of nitrogens with zero attached hydrogens (tertiary/aromatic N) is 2. The van der Waals surface area contributed by atoms with Gasteiger partial charge in [-0.15, -0.1) is 0 Å². The molecule has 1 rings (SSSR count). The van der Waals surface area contributed by atoms with E-state index in [0.29, 0.717) is 12.2 Å². The van der Waals surface area contributed by atoms with Crippen molar-refractivity contribution in [1.29, 1.82) is 0 Å². The van der Waals surface area contributed by atoms with Gasteiger partial charge in [0.05, 0.1) is 0 Å². The molecule has 102 valence electrons. The first kappa shape index (κ1) is 14.9. The number of hydrogen-bond donors (Lipinski definition) is 1. The van der Waals surface area contributed by atoms with Crippen molar-refractivity contribution in [2.45, 2.75) is 26.4 Å². The van der Waals surface area contributed by atoms with Crippen molar-refractivity contribution in [3.63, 3.8) is 0 Å². The van der Waals surface area contributed by atoms with Crippen LogP contribution in [0.4, 0.5) is 5.69 Å². The Kier molecular flexibility index (Phi) is 4.72. The molecule has 0 atom stereocenters. The molecule has 0 fully saturated rings. The monoisotopic (exact) mass is 271 g/mol. The zero-order chi connectivity index (χ0) is 13.9. The SMILES string of the molecule is CC(C)N(C)S(=O)(=O)N(C)Cc1cccc(N)c1. The molecule has 0 radical (unpaired) electrons. The summed E-state index contributed by atoms with van der Waals surface area (Å²) < 4.78 is 27.0. The Bertz CT molecular complexity index is 500. The molecule has 0 heterocycles. The van der Waals surface area contributed by atoms with Crippen LogP contribution in [-0.2, 0) is 16.8 Å². The number of hydrogen-bond acceptors (Lipinski definition) is 3. The lowest BCUT2D eigenvalue weighted by atomic mass is 10.2. The predicted octanol–water partition coefficient (Wildman–Crippen LogP) is 1.29. The van der Waals surface area contributed by atoms with Gasteiger partial charge in [0.15, 0.2) is 0 Å². The fraction of sp³-hybridized carbons (Fsp3) is 0.500. The predicted molar refractivity (Wildman–Crippen MR) is 74.1 cm³/mol. The molecule has 0 saturated heterocycles. The maximum Gasteiger partial charge on any atom is 0.282 e. The van der Waals surface area contributed by atoms with Crippen LogP contribution in [0.5, 0.6) is 0 Å². The highest BCUT2D eigenvalue weighted by atomic mass is 32.2. The summed E-state index contributed by atoms with van der Waals surface area (Å²) in [4.78, 5) is 0. The topological polar surface area (TPSA) is 66.6 Å². The van der Waals surface area contributed by atoms with Crippen molar-refractivity contribution in [2.24, 2.45) is 0 Å². The summed E-state index contributed by atoms with van der Waals surface area (Å²) >= 11 is 0. The number of nitrogen functional groups attached to an aromatic ring is 1. The van der Waals surface area contributed by atoms with Crippen molar-refractivity contribution in [3.05, 3.63) is 29.8 Å². The maximum absolute atomic E-state index is 12.2. The smallest absolute Gasteiger partial charge is 0.282 e. The zero-order valence-corrected chi connectivity index (χ0v) is 12.1. The molecular weight excluding hydrogens is 250 g/mol. The van der Waals surface area contributed by atoms with E-state index in [1.54, 1.807) is 26.2 Å². The Hall–Kier alpha value is -1.11. The molecule has 1 aromatic rings. The molecule has 2 N–H and O–H groups in total. The van der Waals surface area contributed by atoms with E-state index in [0.717, 1.165) is 5.56 Å². The van der Waals surface area contributed by atoms with Gasteiger partial charge in [-0.25, -0.2) is 0 Å². The van der Waals surface area contributed by atoms with Crippen LogP contribution in [0.2, 0.25) is 0 Å². The second kappa shape index (κ2) is 5.69. The molecule has 0 aliphatic heterocycles. The standard InChI is InChI=1S/C12H21N3O2S/c1-10(2)15(4)18(16,17)14(3)9-11-6-5-7-12(13)8-11/h5-8,10H,9,13H2,1-4H3. The van der Waals surface area contributed by atoms with Gasteiger partial charge in [-0.3, -0.25) is 0 Å². The quantitative estimate of drug-likeness (QED) is 0.821. The molecule has 0 aliphatic rings.